The van der Waals surface area contributed by atoms with Crippen molar-refractivity contribution in [2.75, 3.05) is 39.9 Å². The van der Waals surface area contributed by atoms with Crippen molar-refractivity contribution < 1.29 is 14.3 Å². The first kappa shape index (κ1) is 18.9. The van der Waals surface area contributed by atoms with Crippen LogP contribution < -0.4 is 14.8 Å². The number of ether oxygens (including phenoxy) is 2. The van der Waals surface area contributed by atoms with Gasteiger partial charge < -0.3 is 19.7 Å². The highest BCUT2D eigenvalue weighted by Gasteiger charge is 2.38. The van der Waals surface area contributed by atoms with Gasteiger partial charge in [0, 0.05) is 25.2 Å². The van der Waals surface area contributed by atoms with E-state index in [4.69, 9.17) is 9.47 Å². The topological polar surface area (TPSA) is 50.8 Å². The molecule has 3 rings (SSSR count). The maximum atomic E-state index is 12.8. The van der Waals surface area contributed by atoms with Crippen LogP contribution in [0.2, 0.25) is 0 Å². The van der Waals surface area contributed by atoms with Gasteiger partial charge in [-0.3, -0.25) is 4.79 Å². The SMILES string of the molecule is CCOc1ccc(C(=O)N2CCC3(CCNC3)CC2)cc1OC.Cl. The second-order valence-corrected chi connectivity index (χ2v) is 6.52. The lowest BCUT2D eigenvalue weighted by molar-refractivity contribution is 0.0607. The van der Waals surface area contributed by atoms with Crippen LogP contribution in [0.15, 0.2) is 18.2 Å². The summed E-state index contributed by atoms with van der Waals surface area (Å²) in [4.78, 5) is 14.7. The van der Waals surface area contributed by atoms with E-state index < -0.39 is 0 Å². The standard InChI is InChI=1S/C18H26N2O3.ClH/c1-3-23-15-5-4-14(12-16(15)22-2)17(21)20-10-7-18(8-11-20)6-9-19-13-18;/h4-5,12,19H,3,6-11,13H2,1-2H3;1H. The number of amides is 1. The lowest BCUT2D eigenvalue weighted by atomic mass is 9.78. The first-order valence-electron chi connectivity index (χ1n) is 8.48. The first-order valence-corrected chi connectivity index (χ1v) is 8.48. The minimum atomic E-state index is 0. The summed E-state index contributed by atoms with van der Waals surface area (Å²) in [5.41, 5.74) is 1.10. The molecule has 2 aliphatic heterocycles. The Balaban J connectivity index is 0.00000208. The number of nitrogens with zero attached hydrogens (tertiary/aromatic N) is 1. The van der Waals surface area contributed by atoms with Crippen molar-refractivity contribution in [3.8, 4) is 11.5 Å². The van der Waals surface area contributed by atoms with Gasteiger partial charge in [0.1, 0.15) is 0 Å². The molecule has 2 saturated heterocycles. The Morgan fingerprint density at radius 3 is 2.58 bits per heavy atom. The van der Waals surface area contributed by atoms with Crippen LogP contribution in [0.25, 0.3) is 0 Å². The predicted octanol–water partition coefficient (Wildman–Crippen LogP) is 2.73. The number of rotatable bonds is 4. The summed E-state index contributed by atoms with van der Waals surface area (Å²) >= 11 is 0. The van der Waals surface area contributed by atoms with E-state index in [0.717, 1.165) is 39.0 Å². The van der Waals surface area contributed by atoms with Gasteiger partial charge in [0.2, 0.25) is 0 Å². The monoisotopic (exact) mass is 354 g/mol. The van der Waals surface area contributed by atoms with Gasteiger partial charge in [0.25, 0.3) is 5.91 Å². The van der Waals surface area contributed by atoms with Gasteiger partial charge in [0.05, 0.1) is 13.7 Å². The van der Waals surface area contributed by atoms with Crippen LogP contribution in [-0.4, -0.2) is 50.7 Å². The van der Waals surface area contributed by atoms with Crippen LogP contribution in [0.3, 0.4) is 0 Å². The highest BCUT2D eigenvalue weighted by molar-refractivity contribution is 5.95. The van der Waals surface area contributed by atoms with Gasteiger partial charge in [-0.15, -0.1) is 12.4 Å². The van der Waals surface area contributed by atoms with E-state index in [0.29, 0.717) is 29.1 Å². The molecule has 0 atom stereocenters. The minimum Gasteiger partial charge on any atom is -0.493 e. The summed E-state index contributed by atoms with van der Waals surface area (Å²) in [6.07, 6.45) is 3.44. The van der Waals surface area contributed by atoms with Crippen LogP contribution >= 0.6 is 12.4 Å². The summed E-state index contributed by atoms with van der Waals surface area (Å²) in [5, 5.41) is 3.46. The van der Waals surface area contributed by atoms with Gasteiger partial charge in [0.15, 0.2) is 11.5 Å². The van der Waals surface area contributed by atoms with Gasteiger partial charge in [-0.25, -0.2) is 0 Å². The van der Waals surface area contributed by atoms with Crippen molar-refractivity contribution in [2.45, 2.75) is 26.2 Å². The third-order valence-electron chi connectivity index (χ3n) is 5.15. The molecule has 2 heterocycles. The smallest absolute Gasteiger partial charge is 0.253 e. The molecule has 2 aliphatic rings. The molecule has 0 saturated carbocycles. The molecule has 1 aromatic carbocycles. The summed E-state index contributed by atoms with van der Waals surface area (Å²) in [6, 6.07) is 5.44. The Kier molecular flexibility index (Phi) is 6.35. The summed E-state index contributed by atoms with van der Waals surface area (Å²) in [5.74, 6) is 1.39. The fraction of sp³-hybridized carbons (Fsp3) is 0.611. The number of nitrogens with one attached hydrogen (secondary N) is 1. The molecule has 6 heteroatoms. The fourth-order valence-electron chi connectivity index (χ4n) is 3.66. The second kappa shape index (κ2) is 8.08. The van der Waals surface area contributed by atoms with Gasteiger partial charge in [-0.05, 0) is 56.3 Å². The number of carbonyl (C=O) groups is 1. The first-order chi connectivity index (χ1) is 11.2. The number of carbonyl (C=O) groups excluding carboxylic acids is 1. The maximum Gasteiger partial charge on any atom is 0.253 e. The summed E-state index contributed by atoms with van der Waals surface area (Å²) in [7, 11) is 1.60. The van der Waals surface area contributed by atoms with E-state index in [9.17, 15) is 4.79 Å². The second-order valence-electron chi connectivity index (χ2n) is 6.52. The Morgan fingerprint density at radius 1 is 1.25 bits per heavy atom. The third kappa shape index (κ3) is 3.78. The maximum absolute atomic E-state index is 12.8. The molecule has 1 amide bonds. The molecule has 5 nitrogen and oxygen atoms in total. The Labute approximate surface area is 150 Å². The molecular formula is C18H27ClN2O3. The molecule has 1 spiro atoms. The van der Waals surface area contributed by atoms with Crippen molar-refractivity contribution in [2.24, 2.45) is 5.41 Å². The third-order valence-corrected chi connectivity index (χ3v) is 5.15. The fourth-order valence-corrected chi connectivity index (χ4v) is 3.66. The lowest BCUT2D eigenvalue weighted by Crippen LogP contribution is -2.44. The summed E-state index contributed by atoms with van der Waals surface area (Å²) < 4.78 is 10.9. The number of hydrogen-bond donors (Lipinski definition) is 1. The Hall–Kier alpha value is -1.46. The van der Waals surface area contributed by atoms with E-state index in [2.05, 4.69) is 5.32 Å². The van der Waals surface area contributed by atoms with Crippen LogP contribution in [0.1, 0.15) is 36.5 Å². The molecule has 1 aromatic rings. The lowest BCUT2D eigenvalue weighted by Gasteiger charge is -2.39. The molecule has 134 valence electrons. The van der Waals surface area contributed by atoms with Crippen molar-refractivity contribution in [1.29, 1.82) is 0 Å². The minimum absolute atomic E-state index is 0. The highest BCUT2D eigenvalue weighted by Crippen LogP contribution is 2.37. The molecule has 0 aromatic heterocycles. The number of piperidine rings is 1. The highest BCUT2D eigenvalue weighted by atomic mass is 35.5. The van der Waals surface area contributed by atoms with E-state index in [1.54, 1.807) is 13.2 Å². The Bertz CT molecular complexity index is 563. The Morgan fingerprint density at radius 2 is 2.00 bits per heavy atom. The molecule has 0 unspecified atom stereocenters. The zero-order valence-electron chi connectivity index (χ0n) is 14.5. The quantitative estimate of drug-likeness (QED) is 0.903. The van der Waals surface area contributed by atoms with E-state index >= 15 is 0 Å². The number of methoxy groups -OCH3 is 1. The molecule has 0 bridgehead atoms. The van der Waals surface area contributed by atoms with Crippen molar-refractivity contribution in [3.05, 3.63) is 23.8 Å². The van der Waals surface area contributed by atoms with E-state index in [1.165, 1.54) is 6.42 Å². The average molecular weight is 355 g/mol. The predicted molar refractivity (Wildman–Crippen MR) is 96.5 cm³/mol. The number of benzene rings is 1. The molecule has 1 N–H and O–H groups in total. The van der Waals surface area contributed by atoms with Crippen molar-refractivity contribution >= 4 is 18.3 Å². The molecule has 2 fully saturated rings. The zero-order chi connectivity index (χ0) is 16.3. The molecule has 0 radical (unpaired) electrons. The summed E-state index contributed by atoms with van der Waals surface area (Å²) in [6.45, 7) is 6.41. The van der Waals surface area contributed by atoms with E-state index in [1.807, 2.05) is 24.0 Å². The molecular weight excluding hydrogens is 328 g/mol. The normalized spacial score (nSPS) is 19.0. The number of likely N-dealkylation sites (tertiary alicyclic amines) is 1. The zero-order valence-corrected chi connectivity index (χ0v) is 15.3. The van der Waals surface area contributed by atoms with Gasteiger partial charge in [-0.1, -0.05) is 0 Å². The van der Waals surface area contributed by atoms with Crippen molar-refractivity contribution in [1.82, 2.24) is 10.2 Å². The molecule has 0 aliphatic carbocycles. The average Bonchev–Trinajstić information content (AvgIpc) is 3.03. The van der Waals surface area contributed by atoms with Gasteiger partial charge in [-0.2, -0.15) is 0 Å². The van der Waals surface area contributed by atoms with Gasteiger partial charge >= 0.3 is 0 Å². The van der Waals surface area contributed by atoms with Crippen LogP contribution in [-0.2, 0) is 0 Å². The number of hydrogen-bond acceptors (Lipinski definition) is 4. The van der Waals surface area contributed by atoms with Crippen LogP contribution in [0, 0.1) is 5.41 Å². The number of halogens is 1. The van der Waals surface area contributed by atoms with Crippen molar-refractivity contribution in [3.63, 3.8) is 0 Å². The van der Waals surface area contributed by atoms with Crippen LogP contribution in [0.5, 0.6) is 11.5 Å². The largest absolute Gasteiger partial charge is 0.493 e. The van der Waals surface area contributed by atoms with Crippen LogP contribution in [0.4, 0.5) is 0 Å². The molecule has 24 heavy (non-hydrogen) atoms. The van der Waals surface area contributed by atoms with E-state index in [-0.39, 0.29) is 18.3 Å².